The van der Waals surface area contributed by atoms with Gasteiger partial charge in [-0.15, -0.1) is 0 Å². The molecule has 0 aliphatic carbocycles. The Bertz CT molecular complexity index is 370. The van der Waals surface area contributed by atoms with Gasteiger partial charge in [0.15, 0.2) is 0 Å². The predicted octanol–water partition coefficient (Wildman–Crippen LogP) is 0.476. The van der Waals surface area contributed by atoms with Gasteiger partial charge in [0.25, 0.3) is 5.91 Å². The zero-order valence-corrected chi connectivity index (χ0v) is 10.1. The van der Waals surface area contributed by atoms with E-state index in [0.717, 1.165) is 0 Å². The number of hydrogen-bond donors (Lipinski definition) is 2. The Morgan fingerprint density at radius 1 is 1.65 bits per heavy atom. The Hall–Kier alpha value is -1.66. The van der Waals surface area contributed by atoms with Crippen molar-refractivity contribution in [2.75, 3.05) is 32.2 Å². The lowest BCUT2D eigenvalue weighted by Gasteiger charge is -2.21. The number of methoxy groups -OCH3 is 1. The summed E-state index contributed by atoms with van der Waals surface area (Å²) in [6, 6.07) is 1.66. The van der Waals surface area contributed by atoms with Crippen molar-refractivity contribution in [1.82, 2.24) is 9.88 Å². The molecule has 3 N–H and O–H groups in total. The molecule has 6 heteroatoms. The third kappa shape index (κ3) is 3.40. The predicted molar refractivity (Wildman–Crippen MR) is 65.5 cm³/mol. The largest absolute Gasteiger partial charge is 0.383 e. The van der Waals surface area contributed by atoms with Gasteiger partial charge in [0.05, 0.1) is 17.9 Å². The first-order valence-corrected chi connectivity index (χ1v) is 5.43. The Morgan fingerprint density at radius 3 is 3.00 bits per heavy atom. The standard InChI is InChI=1S/C11H18N4O2/c1-3-15(6-7-17-2)11(16)9-8-13-5-4-10(9)14-12/h4-5,8H,3,6-7,12H2,1-2H3,(H,13,14). The number of rotatable bonds is 6. The number of nitrogens with one attached hydrogen (secondary N) is 1. The average Bonchev–Trinajstić information content (AvgIpc) is 2.39. The van der Waals surface area contributed by atoms with E-state index in [1.807, 2.05) is 6.92 Å². The van der Waals surface area contributed by atoms with Gasteiger partial charge in [0.2, 0.25) is 0 Å². The summed E-state index contributed by atoms with van der Waals surface area (Å²) < 4.78 is 4.97. The molecule has 0 fully saturated rings. The van der Waals surface area contributed by atoms with E-state index >= 15 is 0 Å². The number of ether oxygens (including phenoxy) is 1. The fourth-order valence-corrected chi connectivity index (χ4v) is 1.47. The van der Waals surface area contributed by atoms with Gasteiger partial charge in [-0.1, -0.05) is 0 Å². The number of carbonyl (C=O) groups is 1. The zero-order valence-electron chi connectivity index (χ0n) is 10.1. The van der Waals surface area contributed by atoms with Gasteiger partial charge in [0.1, 0.15) is 0 Å². The van der Waals surface area contributed by atoms with Crippen LogP contribution in [0.5, 0.6) is 0 Å². The monoisotopic (exact) mass is 238 g/mol. The van der Waals surface area contributed by atoms with Crippen molar-refractivity contribution < 1.29 is 9.53 Å². The Labute approximate surface area is 101 Å². The summed E-state index contributed by atoms with van der Waals surface area (Å²) in [6.07, 6.45) is 3.09. The number of hydrazine groups is 1. The molecule has 1 rings (SSSR count). The number of amides is 1. The van der Waals surface area contributed by atoms with Gasteiger partial charge in [-0.05, 0) is 13.0 Å². The highest BCUT2D eigenvalue weighted by Crippen LogP contribution is 2.14. The van der Waals surface area contributed by atoms with Crippen molar-refractivity contribution in [2.24, 2.45) is 5.84 Å². The van der Waals surface area contributed by atoms with Crippen LogP contribution < -0.4 is 11.3 Å². The van der Waals surface area contributed by atoms with E-state index in [1.54, 1.807) is 24.3 Å². The second-order valence-corrected chi connectivity index (χ2v) is 3.44. The van der Waals surface area contributed by atoms with Crippen LogP contribution in [-0.4, -0.2) is 42.6 Å². The molecule has 0 atom stereocenters. The van der Waals surface area contributed by atoms with Crippen LogP contribution in [0.15, 0.2) is 18.5 Å². The third-order valence-electron chi connectivity index (χ3n) is 2.44. The summed E-state index contributed by atoms with van der Waals surface area (Å²) in [5.74, 6) is 5.25. The van der Waals surface area contributed by atoms with Crippen molar-refractivity contribution in [3.05, 3.63) is 24.0 Å². The molecule has 0 aliphatic rings. The zero-order chi connectivity index (χ0) is 12.7. The van der Waals surface area contributed by atoms with Crippen molar-refractivity contribution in [3.8, 4) is 0 Å². The molecule has 0 aromatic carbocycles. The van der Waals surface area contributed by atoms with Crippen molar-refractivity contribution in [2.45, 2.75) is 6.92 Å². The van der Waals surface area contributed by atoms with Crippen molar-refractivity contribution in [3.63, 3.8) is 0 Å². The summed E-state index contributed by atoms with van der Waals surface area (Å²) >= 11 is 0. The second kappa shape index (κ2) is 6.82. The molecule has 1 amide bonds. The van der Waals surface area contributed by atoms with Gasteiger partial charge in [-0.2, -0.15) is 0 Å². The highest BCUT2D eigenvalue weighted by Gasteiger charge is 2.17. The van der Waals surface area contributed by atoms with Crippen molar-refractivity contribution >= 4 is 11.6 Å². The number of nitrogens with zero attached hydrogens (tertiary/aromatic N) is 2. The SMILES string of the molecule is CCN(CCOC)C(=O)c1cnccc1NN. The molecule has 0 radical (unpaired) electrons. The summed E-state index contributed by atoms with van der Waals surface area (Å²) in [5, 5.41) is 0. The molecule has 0 bridgehead atoms. The molecular weight excluding hydrogens is 220 g/mol. The van der Waals surface area contributed by atoms with E-state index in [0.29, 0.717) is 30.9 Å². The number of hydrogen-bond acceptors (Lipinski definition) is 5. The lowest BCUT2D eigenvalue weighted by atomic mass is 10.2. The molecule has 0 unspecified atom stereocenters. The van der Waals surface area contributed by atoms with Crippen LogP contribution in [0.4, 0.5) is 5.69 Å². The molecule has 1 aromatic heterocycles. The van der Waals surface area contributed by atoms with Crippen LogP contribution in [0.2, 0.25) is 0 Å². The first-order valence-electron chi connectivity index (χ1n) is 5.43. The lowest BCUT2D eigenvalue weighted by Crippen LogP contribution is -2.34. The van der Waals surface area contributed by atoms with Crippen molar-refractivity contribution in [1.29, 1.82) is 0 Å². The maximum absolute atomic E-state index is 12.2. The van der Waals surface area contributed by atoms with E-state index in [1.165, 1.54) is 6.20 Å². The molecule has 6 nitrogen and oxygen atoms in total. The van der Waals surface area contributed by atoms with E-state index in [-0.39, 0.29) is 5.91 Å². The first-order chi connectivity index (χ1) is 8.24. The highest BCUT2D eigenvalue weighted by atomic mass is 16.5. The molecule has 94 valence electrons. The summed E-state index contributed by atoms with van der Waals surface area (Å²) in [5.41, 5.74) is 3.53. The minimum atomic E-state index is -0.106. The topological polar surface area (TPSA) is 80.5 Å². The molecule has 1 aromatic rings. The third-order valence-corrected chi connectivity index (χ3v) is 2.44. The fraction of sp³-hybridized carbons (Fsp3) is 0.455. The van der Waals surface area contributed by atoms with Crippen LogP contribution in [0.3, 0.4) is 0 Å². The molecule has 0 saturated heterocycles. The highest BCUT2D eigenvalue weighted by molar-refractivity contribution is 5.99. The summed E-state index contributed by atoms with van der Waals surface area (Å²) in [6.45, 7) is 3.58. The van der Waals surface area contributed by atoms with Crippen LogP contribution in [0.1, 0.15) is 17.3 Å². The summed E-state index contributed by atoms with van der Waals surface area (Å²) in [7, 11) is 1.61. The van der Waals surface area contributed by atoms with Gasteiger partial charge >= 0.3 is 0 Å². The van der Waals surface area contributed by atoms with E-state index < -0.39 is 0 Å². The van der Waals surface area contributed by atoms with Crippen LogP contribution in [0, 0.1) is 0 Å². The van der Waals surface area contributed by atoms with Crippen LogP contribution in [0.25, 0.3) is 0 Å². The quantitative estimate of drug-likeness (QED) is 0.556. The van der Waals surface area contributed by atoms with Crippen LogP contribution in [-0.2, 0) is 4.74 Å². The molecular formula is C11H18N4O2. The van der Waals surface area contributed by atoms with E-state index in [4.69, 9.17) is 10.6 Å². The van der Waals surface area contributed by atoms with E-state index in [2.05, 4.69) is 10.4 Å². The lowest BCUT2D eigenvalue weighted by molar-refractivity contribution is 0.0707. The number of carbonyl (C=O) groups excluding carboxylic acids is 1. The summed E-state index contributed by atoms with van der Waals surface area (Å²) in [4.78, 5) is 17.8. The van der Waals surface area contributed by atoms with Gasteiger partial charge in [-0.3, -0.25) is 15.6 Å². The normalized spacial score (nSPS) is 10.1. The number of anilines is 1. The Kier molecular flexibility index (Phi) is 5.38. The number of aromatic nitrogens is 1. The number of nitrogen functional groups attached to an aromatic ring is 1. The minimum Gasteiger partial charge on any atom is -0.383 e. The smallest absolute Gasteiger partial charge is 0.257 e. The first kappa shape index (κ1) is 13.4. The minimum absolute atomic E-state index is 0.106. The molecule has 0 saturated carbocycles. The maximum Gasteiger partial charge on any atom is 0.257 e. The Balaban J connectivity index is 2.85. The fourth-order valence-electron chi connectivity index (χ4n) is 1.47. The maximum atomic E-state index is 12.2. The molecule has 0 aliphatic heterocycles. The second-order valence-electron chi connectivity index (χ2n) is 3.44. The van der Waals surface area contributed by atoms with Gasteiger partial charge in [0, 0.05) is 32.6 Å². The average molecular weight is 238 g/mol. The van der Waals surface area contributed by atoms with Gasteiger partial charge in [-0.25, -0.2) is 0 Å². The number of pyridine rings is 1. The molecule has 17 heavy (non-hydrogen) atoms. The van der Waals surface area contributed by atoms with E-state index in [9.17, 15) is 4.79 Å². The molecule has 1 heterocycles. The van der Waals surface area contributed by atoms with Gasteiger partial charge < -0.3 is 15.1 Å². The Morgan fingerprint density at radius 2 is 2.41 bits per heavy atom. The number of likely N-dealkylation sites (N-methyl/N-ethyl adjacent to an activating group) is 1. The van der Waals surface area contributed by atoms with Crippen LogP contribution >= 0.6 is 0 Å². The molecule has 0 spiro atoms. The number of nitrogens with two attached hydrogens (primary N) is 1.